The van der Waals surface area contributed by atoms with E-state index in [1.165, 1.54) is 22.4 Å². The number of rotatable bonds is 20. The summed E-state index contributed by atoms with van der Waals surface area (Å²) in [6.45, 7) is 11.0. The lowest BCUT2D eigenvalue weighted by Gasteiger charge is -2.40. The summed E-state index contributed by atoms with van der Waals surface area (Å²) in [6.07, 6.45) is 3.76. The minimum atomic E-state index is -0.916. The standard InChI is InChI=1S/C50H65N9O7S/c1-32-46(67-31-54-32)35-16-14-33(15-17-35)24-51-48(65)41-22-39(61)29-59(41)49(66)47(50(2,3)4)56-44(63)12-6-5-7-13-45(64)58-26-37(27-58)55-43-23-40(52-30-53-43)42(62)19-18-38(60)28-57-21-20-34-10-8-9-11-36(34)25-57/h8-11,14-17,23,30-31,37-39,41,47,60-61H,5-7,12-13,18-22,24-29H2,1-4H3,(H,51,65)(H,56,63)(H,52,53,55)/t38-,39+,41-,47+/m0/s1. The summed E-state index contributed by atoms with van der Waals surface area (Å²) in [5.41, 5.74) is 6.97. The van der Waals surface area contributed by atoms with E-state index in [4.69, 9.17) is 0 Å². The fourth-order valence-electron chi connectivity index (χ4n) is 9.01. The minimum Gasteiger partial charge on any atom is -0.392 e. The fraction of sp³-hybridized carbons (Fsp3) is 0.520. The van der Waals surface area contributed by atoms with Crippen LogP contribution in [0.4, 0.5) is 5.82 Å². The van der Waals surface area contributed by atoms with Crippen LogP contribution in [0.5, 0.6) is 0 Å². The quantitative estimate of drug-likeness (QED) is 0.0605. The summed E-state index contributed by atoms with van der Waals surface area (Å²) in [7, 11) is 0. The van der Waals surface area contributed by atoms with Gasteiger partial charge < -0.3 is 36.0 Å². The highest BCUT2D eigenvalue weighted by atomic mass is 32.1. The van der Waals surface area contributed by atoms with Crippen molar-refractivity contribution in [1.82, 2.24) is 40.3 Å². The SMILES string of the molecule is Cc1ncsc1-c1ccc(CNC(=O)[C@@H]2C[C@@H](O)CN2C(=O)[C@@H](NC(=O)CCCCCC(=O)N2CC(Nc3cc(C(=O)CC[C@H](O)CN4CCc5ccccc5C4)ncn3)C2)C(C)(C)C)cc1. The molecule has 17 heteroatoms. The van der Waals surface area contributed by atoms with Crippen LogP contribution in [0, 0.1) is 12.3 Å². The summed E-state index contributed by atoms with van der Waals surface area (Å²) in [5.74, 6) is -0.687. The molecule has 0 radical (unpaired) electrons. The van der Waals surface area contributed by atoms with Gasteiger partial charge in [0.25, 0.3) is 0 Å². The number of amides is 4. The lowest BCUT2D eigenvalue weighted by Crippen LogP contribution is -2.57. The maximum atomic E-state index is 14.0. The van der Waals surface area contributed by atoms with Crippen molar-refractivity contribution in [1.29, 1.82) is 0 Å². The molecule has 3 aliphatic heterocycles. The largest absolute Gasteiger partial charge is 0.392 e. The lowest BCUT2D eigenvalue weighted by molar-refractivity contribution is -0.144. The Bertz CT molecular complexity index is 2360. The zero-order valence-corrected chi connectivity index (χ0v) is 39.9. The number of carbonyl (C=O) groups is 5. The second-order valence-corrected chi connectivity index (χ2v) is 20.2. The molecule has 2 fully saturated rings. The van der Waals surface area contributed by atoms with Crippen molar-refractivity contribution in [3.05, 3.63) is 94.5 Å². The van der Waals surface area contributed by atoms with Gasteiger partial charge in [-0.15, -0.1) is 11.3 Å². The molecular weight excluding hydrogens is 871 g/mol. The number of thiazole rings is 1. The number of likely N-dealkylation sites (tertiary alicyclic amines) is 2. The van der Waals surface area contributed by atoms with Crippen LogP contribution in [0.2, 0.25) is 0 Å². The Kier molecular flexibility index (Phi) is 16.5. The molecule has 67 heavy (non-hydrogen) atoms. The van der Waals surface area contributed by atoms with Crippen molar-refractivity contribution in [3.63, 3.8) is 0 Å². The molecule has 2 aromatic heterocycles. The maximum absolute atomic E-state index is 14.0. The maximum Gasteiger partial charge on any atom is 0.246 e. The molecule has 0 unspecified atom stereocenters. The van der Waals surface area contributed by atoms with Gasteiger partial charge in [-0.1, -0.05) is 75.7 Å². The van der Waals surface area contributed by atoms with Gasteiger partial charge in [0, 0.05) is 77.6 Å². The van der Waals surface area contributed by atoms with Crippen LogP contribution in [0.25, 0.3) is 10.4 Å². The molecule has 3 aliphatic rings. The molecular formula is C50H65N9O7S. The molecule has 2 saturated heterocycles. The van der Waals surface area contributed by atoms with Gasteiger partial charge in [0.2, 0.25) is 23.6 Å². The van der Waals surface area contributed by atoms with Crippen molar-refractivity contribution in [3.8, 4) is 10.4 Å². The summed E-state index contributed by atoms with van der Waals surface area (Å²) >= 11 is 1.57. The first kappa shape index (κ1) is 49.3. The summed E-state index contributed by atoms with van der Waals surface area (Å²) < 4.78 is 0. The highest BCUT2D eigenvalue weighted by Crippen LogP contribution is 2.29. The Labute approximate surface area is 397 Å². The molecule has 4 aromatic rings. The molecule has 0 spiro atoms. The van der Waals surface area contributed by atoms with E-state index in [9.17, 15) is 34.2 Å². The first-order valence-corrected chi connectivity index (χ1v) is 24.4. The van der Waals surface area contributed by atoms with Crippen LogP contribution < -0.4 is 16.0 Å². The van der Waals surface area contributed by atoms with Gasteiger partial charge in [-0.2, -0.15) is 0 Å². The van der Waals surface area contributed by atoms with E-state index < -0.39 is 35.6 Å². The topological polar surface area (TPSA) is 210 Å². The number of fused-ring (bicyclic) bond motifs is 1. The predicted molar refractivity (Wildman–Crippen MR) is 256 cm³/mol. The summed E-state index contributed by atoms with van der Waals surface area (Å²) in [6, 6.07) is 16.1. The van der Waals surface area contributed by atoms with Gasteiger partial charge in [-0.3, -0.25) is 28.9 Å². The van der Waals surface area contributed by atoms with Crippen LogP contribution in [-0.2, 0) is 38.7 Å². The average Bonchev–Trinajstić information content (AvgIpc) is 3.92. The second-order valence-electron chi connectivity index (χ2n) is 19.3. The number of β-amino-alcohol motifs (C(OH)–C–C–N with tert-alkyl or cyclic N) is 2. The van der Waals surface area contributed by atoms with E-state index in [1.54, 1.807) is 22.3 Å². The van der Waals surface area contributed by atoms with Crippen molar-refractivity contribution in [2.24, 2.45) is 5.41 Å². The summed E-state index contributed by atoms with van der Waals surface area (Å²) in [5, 5.41) is 30.4. The average molecular weight is 936 g/mol. The summed E-state index contributed by atoms with van der Waals surface area (Å²) in [4.78, 5) is 85.8. The van der Waals surface area contributed by atoms with E-state index >= 15 is 0 Å². The minimum absolute atomic E-state index is 0.00449. The normalized spacial score (nSPS) is 18.4. The number of benzene rings is 2. The Hall–Kier alpha value is -5.62. The third kappa shape index (κ3) is 13.3. The van der Waals surface area contributed by atoms with Gasteiger partial charge in [0.05, 0.1) is 34.3 Å². The molecule has 0 aliphatic carbocycles. The van der Waals surface area contributed by atoms with E-state index in [1.807, 2.05) is 63.5 Å². The number of hydrogen-bond acceptors (Lipinski definition) is 13. The van der Waals surface area contributed by atoms with Crippen molar-refractivity contribution in [2.45, 2.75) is 129 Å². The highest BCUT2D eigenvalue weighted by molar-refractivity contribution is 7.13. The highest BCUT2D eigenvalue weighted by Gasteiger charge is 2.44. The number of carbonyl (C=O) groups excluding carboxylic acids is 5. The number of unbranched alkanes of at least 4 members (excludes halogenated alkanes) is 2. The van der Waals surface area contributed by atoms with Crippen molar-refractivity contribution >= 4 is 46.6 Å². The monoisotopic (exact) mass is 935 g/mol. The van der Waals surface area contributed by atoms with Gasteiger partial charge in [0.1, 0.15) is 29.9 Å². The third-order valence-electron chi connectivity index (χ3n) is 12.9. The first-order valence-electron chi connectivity index (χ1n) is 23.5. The number of aromatic nitrogens is 3. The molecule has 7 rings (SSSR count). The molecule has 5 N–H and O–H groups in total. The molecule has 358 valence electrons. The fourth-order valence-corrected chi connectivity index (χ4v) is 9.82. The van der Waals surface area contributed by atoms with Crippen LogP contribution >= 0.6 is 11.3 Å². The third-order valence-corrected chi connectivity index (χ3v) is 13.9. The van der Waals surface area contributed by atoms with Gasteiger partial charge in [-0.05, 0) is 60.3 Å². The zero-order chi connectivity index (χ0) is 47.7. The Morgan fingerprint density at radius 3 is 2.39 bits per heavy atom. The van der Waals surface area contributed by atoms with Crippen LogP contribution in [-0.4, -0.2) is 132 Å². The molecule has 0 saturated carbocycles. The number of nitrogens with one attached hydrogen (secondary N) is 3. The number of nitrogens with zero attached hydrogens (tertiary/aromatic N) is 6. The number of hydrogen-bond donors (Lipinski definition) is 5. The Morgan fingerprint density at radius 2 is 1.66 bits per heavy atom. The van der Waals surface area contributed by atoms with Crippen molar-refractivity contribution < 1.29 is 34.2 Å². The molecule has 4 amide bonds. The second kappa shape index (κ2) is 22.5. The number of Topliss-reactive ketones (excluding diaryl/α,β-unsaturated/α-hetero) is 1. The molecule has 16 nitrogen and oxygen atoms in total. The molecule has 5 heterocycles. The van der Waals surface area contributed by atoms with Crippen LogP contribution in [0.1, 0.15) is 105 Å². The number of anilines is 1. The molecule has 4 atom stereocenters. The van der Waals surface area contributed by atoms with Gasteiger partial charge >= 0.3 is 0 Å². The Morgan fingerprint density at radius 1 is 0.910 bits per heavy atom. The van der Waals surface area contributed by atoms with E-state index in [2.05, 4.69) is 54.0 Å². The Balaban J connectivity index is 0.778. The number of ketones is 1. The van der Waals surface area contributed by atoms with Gasteiger partial charge in [-0.25, -0.2) is 15.0 Å². The predicted octanol–water partition coefficient (Wildman–Crippen LogP) is 4.67. The number of aryl methyl sites for hydroxylation is 1. The first-order chi connectivity index (χ1) is 32.1. The number of aliphatic hydroxyl groups excluding tert-OH is 2. The zero-order valence-electron chi connectivity index (χ0n) is 39.1. The van der Waals surface area contributed by atoms with E-state index in [0.29, 0.717) is 57.6 Å². The molecule has 0 bridgehead atoms. The van der Waals surface area contributed by atoms with E-state index in [-0.39, 0.29) is 67.6 Å². The van der Waals surface area contributed by atoms with Crippen molar-refractivity contribution in [2.75, 3.05) is 38.0 Å². The van der Waals surface area contributed by atoms with E-state index in [0.717, 1.165) is 41.2 Å². The molecule has 2 aromatic carbocycles. The van der Waals surface area contributed by atoms with Crippen LogP contribution in [0.15, 0.2) is 66.4 Å². The van der Waals surface area contributed by atoms with Gasteiger partial charge in [0.15, 0.2) is 5.78 Å². The smallest absolute Gasteiger partial charge is 0.246 e. The lowest BCUT2D eigenvalue weighted by atomic mass is 9.85. The van der Waals surface area contributed by atoms with Crippen LogP contribution in [0.3, 0.4) is 0 Å². The number of aliphatic hydroxyl groups is 2.